The zero-order chi connectivity index (χ0) is 20.9. The Morgan fingerprint density at radius 3 is 2.73 bits per heavy atom. The van der Waals surface area contributed by atoms with Gasteiger partial charge in [-0.2, -0.15) is 0 Å². The molecule has 5 rings (SSSR count). The predicted octanol–water partition coefficient (Wildman–Crippen LogP) is 4.14. The number of allylic oxidation sites excluding steroid dienone is 1. The zero-order valence-corrected chi connectivity index (χ0v) is 19.2. The molecule has 0 bridgehead atoms. The number of carbonyl (C=O) groups is 1. The van der Waals surface area contributed by atoms with Crippen molar-refractivity contribution in [2.45, 2.75) is 84.2 Å². The third-order valence-electron chi connectivity index (χ3n) is 10.3. The van der Waals surface area contributed by atoms with Crippen molar-refractivity contribution in [3.05, 3.63) is 11.6 Å². The molecule has 0 unspecified atom stereocenters. The SMILES string of the molecule is C[C@]12CC[C@H]3[C@@H](CC=C4C[C@@H](O)CC[C@@]43C)[C@@H]1CC[C@@H]2C(=O)NCCN1CCCC1. The molecule has 7 atom stereocenters. The molecule has 0 aromatic carbocycles. The summed E-state index contributed by atoms with van der Waals surface area (Å²) in [6.07, 6.45) is 13.9. The van der Waals surface area contributed by atoms with Crippen LogP contribution in [0.15, 0.2) is 11.6 Å². The van der Waals surface area contributed by atoms with Crippen molar-refractivity contribution in [1.82, 2.24) is 10.2 Å². The molecule has 0 aromatic rings. The van der Waals surface area contributed by atoms with Crippen molar-refractivity contribution in [2.24, 2.45) is 34.5 Å². The van der Waals surface area contributed by atoms with Crippen LogP contribution in [0.1, 0.15) is 78.1 Å². The van der Waals surface area contributed by atoms with E-state index in [4.69, 9.17) is 0 Å². The van der Waals surface area contributed by atoms with Crippen molar-refractivity contribution in [1.29, 1.82) is 0 Å². The molecule has 30 heavy (non-hydrogen) atoms. The summed E-state index contributed by atoms with van der Waals surface area (Å²) in [5.41, 5.74) is 2.01. The Morgan fingerprint density at radius 1 is 1.13 bits per heavy atom. The minimum Gasteiger partial charge on any atom is -0.393 e. The van der Waals surface area contributed by atoms with E-state index in [0.29, 0.717) is 17.2 Å². The van der Waals surface area contributed by atoms with Crippen LogP contribution < -0.4 is 5.32 Å². The van der Waals surface area contributed by atoms with Gasteiger partial charge in [-0.3, -0.25) is 4.79 Å². The third kappa shape index (κ3) is 3.37. The quantitative estimate of drug-likeness (QED) is 0.680. The van der Waals surface area contributed by atoms with E-state index in [-0.39, 0.29) is 17.4 Å². The van der Waals surface area contributed by atoms with E-state index in [2.05, 4.69) is 30.1 Å². The number of aliphatic hydroxyl groups is 1. The summed E-state index contributed by atoms with van der Waals surface area (Å²) in [5, 5.41) is 13.5. The highest BCUT2D eigenvalue weighted by Gasteiger charge is 2.59. The van der Waals surface area contributed by atoms with Gasteiger partial charge in [0.15, 0.2) is 0 Å². The van der Waals surface area contributed by atoms with E-state index in [1.165, 1.54) is 51.6 Å². The van der Waals surface area contributed by atoms with Gasteiger partial charge in [0.25, 0.3) is 0 Å². The standard InChI is InChI=1S/C26H42N2O2/c1-25-11-9-19(29)17-18(25)5-6-20-21-7-8-23(26(21,2)12-10-22(20)25)24(30)27-13-16-28-14-3-4-15-28/h5,19-23,29H,3-4,6-17H2,1-2H3,(H,27,30)/t19-,20-,21-,22-,23+,25-,26-/m0/s1. The molecule has 168 valence electrons. The molecular weight excluding hydrogens is 372 g/mol. The first-order valence-corrected chi connectivity index (χ1v) is 12.8. The molecule has 3 saturated carbocycles. The number of nitrogens with one attached hydrogen (secondary N) is 1. The van der Waals surface area contributed by atoms with E-state index >= 15 is 0 Å². The van der Waals surface area contributed by atoms with E-state index in [9.17, 15) is 9.90 Å². The molecule has 1 saturated heterocycles. The summed E-state index contributed by atoms with van der Waals surface area (Å²) in [6, 6.07) is 0. The largest absolute Gasteiger partial charge is 0.393 e. The molecule has 4 heteroatoms. The number of carbonyl (C=O) groups excluding carboxylic acids is 1. The maximum atomic E-state index is 13.2. The van der Waals surface area contributed by atoms with Gasteiger partial charge in [-0.15, -0.1) is 0 Å². The van der Waals surface area contributed by atoms with E-state index in [0.717, 1.165) is 50.6 Å². The highest BCUT2D eigenvalue weighted by atomic mass is 16.3. The molecule has 4 nitrogen and oxygen atoms in total. The van der Waals surface area contributed by atoms with Crippen LogP contribution in [0, 0.1) is 34.5 Å². The molecule has 0 radical (unpaired) electrons. The van der Waals surface area contributed by atoms with Gasteiger partial charge in [-0.05, 0) is 106 Å². The minimum atomic E-state index is -0.130. The fourth-order valence-electron chi connectivity index (χ4n) is 8.54. The van der Waals surface area contributed by atoms with Gasteiger partial charge < -0.3 is 15.3 Å². The molecule has 2 N–H and O–H groups in total. The lowest BCUT2D eigenvalue weighted by Gasteiger charge is -2.57. The second kappa shape index (κ2) is 7.92. The average molecular weight is 415 g/mol. The minimum absolute atomic E-state index is 0.130. The van der Waals surface area contributed by atoms with Crippen LogP contribution in [0.4, 0.5) is 0 Å². The van der Waals surface area contributed by atoms with Gasteiger partial charge in [0.1, 0.15) is 0 Å². The van der Waals surface area contributed by atoms with Crippen LogP contribution in [0.5, 0.6) is 0 Å². The van der Waals surface area contributed by atoms with Crippen LogP contribution >= 0.6 is 0 Å². The first kappa shape index (κ1) is 21.0. The number of rotatable bonds is 4. The molecule has 4 aliphatic carbocycles. The lowest BCUT2D eigenvalue weighted by molar-refractivity contribution is -0.131. The predicted molar refractivity (Wildman–Crippen MR) is 120 cm³/mol. The maximum Gasteiger partial charge on any atom is 0.223 e. The van der Waals surface area contributed by atoms with Crippen LogP contribution in [0.3, 0.4) is 0 Å². The fraction of sp³-hybridized carbons (Fsp3) is 0.885. The summed E-state index contributed by atoms with van der Waals surface area (Å²) in [7, 11) is 0. The molecule has 0 aromatic heterocycles. The average Bonchev–Trinajstić information content (AvgIpc) is 3.35. The maximum absolute atomic E-state index is 13.2. The Kier molecular flexibility index (Phi) is 5.54. The lowest BCUT2D eigenvalue weighted by Crippen LogP contribution is -2.52. The molecule has 5 aliphatic rings. The van der Waals surface area contributed by atoms with E-state index < -0.39 is 0 Å². The normalized spacial score (nSPS) is 46.0. The van der Waals surface area contributed by atoms with Crippen molar-refractivity contribution >= 4 is 5.91 Å². The van der Waals surface area contributed by atoms with Gasteiger partial charge in [0.2, 0.25) is 5.91 Å². The molecular formula is C26H42N2O2. The molecule has 1 aliphatic heterocycles. The van der Waals surface area contributed by atoms with Gasteiger partial charge in [0.05, 0.1) is 6.10 Å². The zero-order valence-electron chi connectivity index (χ0n) is 19.2. The van der Waals surface area contributed by atoms with Gasteiger partial charge in [-0.1, -0.05) is 25.5 Å². The Morgan fingerprint density at radius 2 is 1.93 bits per heavy atom. The smallest absolute Gasteiger partial charge is 0.223 e. The first-order chi connectivity index (χ1) is 14.4. The lowest BCUT2D eigenvalue weighted by atomic mass is 9.47. The number of amides is 1. The molecule has 4 fully saturated rings. The Bertz CT molecular complexity index is 699. The molecule has 1 amide bonds. The van der Waals surface area contributed by atoms with Gasteiger partial charge >= 0.3 is 0 Å². The first-order valence-electron chi connectivity index (χ1n) is 12.8. The highest BCUT2D eigenvalue weighted by Crippen LogP contribution is 2.66. The fourth-order valence-corrected chi connectivity index (χ4v) is 8.54. The Balaban J connectivity index is 1.26. The van der Waals surface area contributed by atoms with E-state index in [1.807, 2.05) is 0 Å². The number of fused-ring (bicyclic) bond motifs is 5. The number of aliphatic hydroxyl groups excluding tert-OH is 1. The third-order valence-corrected chi connectivity index (χ3v) is 10.3. The van der Waals surface area contributed by atoms with Gasteiger partial charge in [0, 0.05) is 19.0 Å². The second-order valence-corrected chi connectivity index (χ2v) is 11.7. The number of hydrogen-bond acceptors (Lipinski definition) is 3. The summed E-state index contributed by atoms with van der Waals surface area (Å²) in [6.45, 7) is 9.16. The van der Waals surface area contributed by atoms with Crippen molar-refractivity contribution < 1.29 is 9.90 Å². The summed E-state index contributed by atoms with van der Waals surface area (Å²) < 4.78 is 0. The van der Waals surface area contributed by atoms with Crippen LogP contribution in [0.2, 0.25) is 0 Å². The van der Waals surface area contributed by atoms with Crippen molar-refractivity contribution in [3.8, 4) is 0 Å². The number of nitrogens with zero attached hydrogens (tertiary/aromatic N) is 1. The second-order valence-electron chi connectivity index (χ2n) is 11.7. The molecule has 1 heterocycles. The topological polar surface area (TPSA) is 52.6 Å². The number of hydrogen-bond donors (Lipinski definition) is 2. The van der Waals surface area contributed by atoms with Crippen LogP contribution in [0.25, 0.3) is 0 Å². The molecule has 0 spiro atoms. The Hall–Kier alpha value is -0.870. The van der Waals surface area contributed by atoms with Crippen LogP contribution in [-0.2, 0) is 4.79 Å². The van der Waals surface area contributed by atoms with E-state index in [1.54, 1.807) is 5.57 Å². The van der Waals surface area contributed by atoms with Crippen molar-refractivity contribution in [2.75, 3.05) is 26.2 Å². The van der Waals surface area contributed by atoms with Gasteiger partial charge in [-0.25, -0.2) is 0 Å². The summed E-state index contributed by atoms with van der Waals surface area (Å²) in [5.74, 6) is 2.70. The van der Waals surface area contributed by atoms with Crippen molar-refractivity contribution in [3.63, 3.8) is 0 Å². The summed E-state index contributed by atoms with van der Waals surface area (Å²) in [4.78, 5) is 15.7. The monoisotopic (exact) mass is 414 g/mol. The highest BCUT2D eigenvalue weighted by molar-refractivity contribution is 5.80. The van der Waals surface area contributed by atoms with Crippen LogP contribution in [-0.4, -0.2) is 48.2 Å². The summed E-state index contributed by atoms with van der Waals surface area (Å²) >= 11 is 0. The Labute approximate surface area is 182 Å². The number of likely N-dealkylation sites (tertiary alicyclic amines) is 1.